The van der Waals surface area contributed by atoms with E-state index in [9.17, 15) is 13.6 Å². The van der Waals surface area contributed by atoms with Gasteiger partial charge in [0.2, 0.25) is 0 Å². The number of benzene rings is 1. The van der Waals surface area contributed by atoms with E-state index in [2.05, 4.69) is 9.80 Å². The first-order chi connectivity index (χ1) is 11.1. The molecule has 3 rings (SSSR count). The molecule has 1 fully saturated rings. The fraction of sp³-hybridized carbons (Fsp3) is 0.353. The summed E-state index contributed by atoms with van der Waals surface area (Å²) in [6.07, 6.45) is 0. The van der Waals surface area contributed by atoms with Crippen LogP contribution in [0.25, 0.3) is 0 Å². The molecule has 0 unspecified atom stereocenters. The lowest BCUT2D eigenvalue weighted by Gasteiger charge is -2.34. The average Bonchev–Trinajstić information content (AvgIpc) is 3.07. The summed E-state index contributed by atoms with van der Waals surface area (Å²) in [6.45, 7) is 4.29. The Morgan fingerprint density at radius 1 is 1.04 bits per heavy atom. The van der Waals surface area contributed by atoms with Crippen molar-refractivity contribution in [2.24, 2.45) is 0 Å². The topological polar surface area (TPSA) is 23.6 Å². The fourth-order valence-electron chi connectivity index (χ4n) is 2.72. The maximum absolute atomic E-state index is 13.2. The minimum Gasteiger partial charge on any atom is -0.297 e. The van der Waals surface area contributed by atoms with Gasteiger partial charge >= 0.3 is 0 Å². The zero-order valence-electron chi connectivity index (χ0n) is 12.7. The molecule has 0 aliphatic carbocycles. The average molecular weight is 336 g/mol. The molecule has 6 heteroatoms. The molecule has 0 atom stereocenters. The number of carbonyl (C=O) groups is 1. The summed E-state index contributed by atoms with van der Waals surface area (Å²) in [7, 11) is 0. The number of ketones is 1. The number of nitrogens with zero attached hydrogens (tertiary/aromatic N) is 2. The predicted octanol–water partition coefficient (Wildman–Crippen LogP) is 3.03. The Morgan fingerprint density at radius 3 is 2.43 bits per heavy atom. The van der Waals surface area contributed by atoms with Gasteiger partial charge in [0, 0.05) is 32.7 Å². The second kappa shape index (κ2) is 7.29. The monoisotopic (exact) mass is 336 g/mol. The Kier molecular flexibility index (Phi) is 5.15. The SMILES string of the molecule is O=C(CN1CCN(Cc2ccc(F)c(F)c2)CC1)c1cccs1. The number of hydrogen-bond donors (Lipinski definition) is 0. The van der Waals surface area contributed by atoms with Crippen LogP contribution >= 0.6 is 11.3 Å². The molecule has 23 heavy (non-hydrogen) atoms. The Labute approximate surface area is 138 Å². The molecule has 122 valence electrons. The third-order valence-corrected chi connectivity index (χ3v) is 4.93. The molecule has 0 N–H and O–H groups in total. The van der Waals surface area contributed by atoms with E-state index in [1.807, 2.05) is 17.5 Å². The van der Waals surface area contributed by atoms with Crippen LogP contribution < -0.4 is 0 Å². The second-order valence-electron chi connectivity index (χ2n) is 5.70. The quantitative estimate of drug-likeness (QED) is 0.784. The Balaban J connectivity index is 1.48. The Bertz CT molecular complexity index is 667. The third-order valence-electron chi connectivity index (χ3n) is 4.02. The lowest BCUT2D eigenvalue weighted by molar-refractivity contribution is 0.0847. The third kappa shape index (κ3) is 4.22. The molecule has 0 saturated carbocycles. The maximum atomic E-state index is 13.2. The van der Waals surface area contributed by atoms with Crippen LogP contribution in [0.4, 0.5) is 8.78 Å². The summed E-state index contributed by atoms with van der Waals surface area (Å²) >= 11 is 1.47. The van der Waals surface area contributed by atoms with Gasteiger partial charge in [-0.2, -0.15) is 0 Å². The molecule has 1 aromatic carbocycles. The van der Waals surface area contributed by atoms with E-state index < -0.39 is 11.6 Å². The van der Waals surface area contributed by atoms with Crippen LogP contribution in [-0.2, 0) is 6.54 Å². The van der Waals surface area contributed by atoms with Gasteiger partial charge in [-0.05, 0) is 29.1 Å². The Morgan fingerprint density at radius 2 is 1.78 bits per heavy atom. The van der Waals surface area contributed by atoms with Gasteiger partial charge in [0.1, 0.15) is 0 Å². The van der Waals surface area contributed by atoms with E-state index in [1.165, 1.54) is 23.5 Å². The van der Waals surface area contributed by atoms with Gasteiger partial charge in [-0.25, -0.2) is 8.78 Å². The summed E-state index contributed by atoms with van der Waals surface area (Å²) in [5, 5.41) is 1.91. The number of piperazine rings is 1. The van der Waals surface area contributed by atoms with Crippen molar-refractivity contribution >= 4 is 17.1 Å². The van der Waals surface area contributed by atoms with Crippen molar-refractivity contribution in [2.45, 2.75) is 6.54 Å². The highest BCUT2D eigenvalue weighted by atomic mass is 32.1. The molecule has 0 radical (unpaired) electrons. The first-order valence-electron chi connectivity index (χ1n) is 7.57. The van der Waals surface area contributed by atoms with Crippen LogP contribution in [0.15, 0.2) is 35.7 Å². The molecule has 1 aliphatic rings. The molecule has 2 heterocycles. The summed E-state index contributed by atoms with van der Waals surface area (Å²) in [5.41, 5.74) is 0.770. The van der Waals surface area contributed by atoms with Gasteiger partial charge in [-0.3, -0.25) is 14.6 Å². The van der Waals surface area contributed by atoms with E-state index in [0.717, 1.165) is 36.6 Å². The molecule has 0 amide bonds. The van der Waals surface area contributed by atoms with E-state index in [1.54, 1.807) is 6.07 Å². The van der Waals surface area contributed by atoms with Gasteiger partial charge < -0.3 is 0 Å². The highest BCUT2D eigenvalue weighted by Gasteiger charge is 2.20. The molecule has 1 aliphatic heterocycles. The number of thiophene rings is 1. The molecule has 0 spiro atoms. The number of carbonyl (C=O) groups excluding carboxylic acids is 1. The van der Waals surface area contributed by atoms with Gasteiger partial charge in [0.25, 0.3) is 0 Å². The van der Waals surface area contributed by atoms with E-state index in [0.29, 0.717) is 13.1 Å². The van der Waals surface area contributed by atoms with Crippen LogP contribution in [0, 0.1) is 11.6 Å². The van der Waals surface area contributed by atoms with Crippen molar-refractivity contribution < 1.29 is 13.6 Å². The van der Waals surface area contributed by atoms with Crippen LogP contribution in [-0.4, -0.2) is 48.3 Å². The summed E-state index contributed by atoms with van der Waals surface area (Å²) in [4.78, 5) is 17.2. The number of halogens is 2. The zero-order chi connectivity index (χ0) is 16.2. The van der Waals surface area contributed by atoms with Crippen LogP contribution in [0.3, 0.4) is 0 Å². The van der Waals surface area contributed by atoms with Crippen molar-refractivity contribution in [3.8, 4) is 0 Å². The summed E-state index contributed by atoms with van der Waals surface area (Å²) in [6, 6.07) is 7.78. The molecule has 1 aromatic heterocycles. The summed E-state index contributed by atoms with van der Waals surface area (Å²) in [5.74, 6) is -1.46. The van der Waals surface area contributed by atoms with E-state index in [-0.39, 0.29) is 5.78 Å². The second-order valence-corrected chi connectivity index (χ2v) is 6.65. The molecule has 0 bridgehead atoms. The number of Topliss-reactive ketones (excluding diaryl/α,β-unsaturated/α-hetero) is 1. The van der Waals surface area contributed by atoms with E-state index >= 15 is 0 Å². The smallest absolute Gasteiger partial charge is 0.186 e. The number of hydrogen-bond acceptors (Lipinski definition) is 4. The molecule has 3 nitrogen and oxygen atoms in total. The molecular weight excluding hydrogens is 318 g/mol. The van der Waals surface area contributed by atoms with Gasteiger partial charge in [-0.1, -0.05) is 12.1 Å². The van der Waals surface area contributed by atoms with Crippen molar-refractivity contribution in [1.29, 1.82) is 0 Å². The molecule has 2 aromatic rings. The van der Waals surface area contributed by atoms with Crippen LogP contribution in [0.2, 0.25) is 0 Å². The zero-order valence-corrected chi connectivity index (χ0v) is 13.5. The number of rotatable bonds is 5. The molecule has 1 saturated heterocycles. The largest absolute Gasteiger partial charge is 0.297 e. The highest BCUT2D eigenvalue weighted by molar-refractivity contribution is 7.12. The van der Waals surface area contributed by atoms with Gasteiger partial charge in [0.15, 0.2) is 17.4 Å². The predicted molar refractivity (Wildman–Crippen MR) is 86.7 cm³/mol. The summed E-state index contributed by atoms with van der Waals surface area (Å²) < 4.78 is 26.2. The minimum atomic E-state index is -0.814. The maximum Gasteiger partial charge on any atom is 0.186 e. The van der Waals surface area contributed by atoms with Gasteiger partial charge in [0.05, 0.1) is 11.4 Å². The van der Waals surface area contributed by atoms with Gasteiger partial charge in [-0.15, -0.1) is 11.3 Å². The lowest BCUT2D eigenvalue weighted by Crippen LogP contribution is -2.47. The van der Waals surface area contributed by atoms with Crippen LogP contribution in [0.5, 0.6) is 0 Å². The van der Waals surface area contributed by atoms with Crippen molar-refractivity contribution in [1.82, 2.24) is 9.80 Å². The van der Waals surface area contributed by atoms with Crippen molar-refractivity contribution in [3.63, 3.8) is 0 Å². The lowest BCUT2D eigenvalue weighted by atomic mass is 10.2. The Hall–Kier alpha value is -1.63. The first-order valence-corrected chi connectivity index (χ1v) is 8.45. The highest BCUT2D eigenvalue weighted by Crippen LogP contribution is 2.14. The van der Waals surface area contributed by atoms with E-state index in [4.69, 9.17) is 0 Å². The van der Waals surface area contributed by atoms with Crippen LogP contribution in [0.1, 0.15) is 15.2 Å². The fourth-order valence-corrected chi connectivity index (χ4v) is 3.38. The first kappa shape index (κ1) is 16.2. The standard InChI is InChI=1S/C17H18F2N2OS/c18-14-4-3-13(10-15(14)19)11-20-5-7-21(8-6-20)12-16(22)17-2-1-9-23-17/h1-4,9-10H,5-8,11-12H2. The normalized spacial score (nSPS) is 16.6. The molecular formula is C17H18F2N2OS. The minimum absolute atomic E-state index is 0.161. The van der Waals surface area contributed by atoms with Crippen molar-refractivity contribution in [3.05, 3.63) is 57.8 Å². The van der Waals surface area contributed by atoms with Crippen molar-refractivity contribution in [2.75, 3.05) is 32.7 Å².